The van der Waals surface area contributed by atoms with Crippen LogP contribution in [-0.2, 0) is 11.2 Å². The highest BCUT2D eigenvalue weighted by atomic mass is 16.2. The first kappa shape index (κ1) is 15.0. The fourth-order valence-corrected chi connectivity index (χ4v) is 2.59. The minimum Gasteiger partial charge on any atom is -0.340 e. The molecule has 0 aliphatic carbocycles. The Balaban J connectivity index is 1.82. The minimum atomic E-state index is -0.376. The molecule has 1 saturated heterocycles. The Kier molecular flexibility index (Phi) is 5.56. The molecule has 1 aliphatic heterocycles. The van der Waals surface area contributed by atoms with Crippen LogP contribution in [0.4, 0.5) is 0 Å². The first-order chi connectivity index (χ1) is 9.66. The SMILES string of the molecule is CN1CCCN(C(=O)[C@@H](N)CCc2ccccc2)CC1. The second-order valence-electron chi connectivity index (χ2n) is 5.61. The van der Waals surface area contributed by atoms with Crippen LogP contribution in [0.5, 0.6) is 0 Å². The lowest BCUT2D eigenvalue weighted by Gasteiger charge is -2.24. The number of benzene rings is 1. The van der Waals surface area contributed by atoms with Crippen molar-refractivity contribution in [1.29, 1.82) is 0 Å². The largest absolute Gasteiger partial charge is 0.340 e. The molecule has 1 atom stereocenters. The van der Waals surface area contributed by atoms with E-state index in [0.29, 0.717) is 0 Å². The summed E-state index contributed by atoms with van der Waals surface area (Å²) in [6.07, 6.45) is 2.62. The normalized spacial score (nSPS) is 18.6. The van der Waals surface area contributed by atoms with E-state index in [-0.39, 0.29) is 11.9 Å². The molecule has 0 unspecified atom stereocenters. The Morgan fingerprint density at radius 3 is 2.70 bits per heavy atom. The molecule has 1 aromatic rings. The van der Waals surface area contributed by atoms with E-state index in [1.54, 1.807) is 0 Å². The van der Waals surface area contributed by atoms with Crippen molar-refractivity contribution >= 4 is 5.91 Å². The Morgan fingerprint density at radius 1 is 1.20 bits per heavy atom. The van der Waals surface area contributed by atoms with Crippen molar-refractivity contribution in [2.24, 2.45) is 5.73 Å². The van der Waals surface area contributed by atoms with Crippen molar-refractivity contribution in [3.8, 4) is 0 Å². The van der Waals surface area contributed by atoms with Crippen LogP contribution in [0.2, 0.25) is 0 Å². The Bertz CT molecular complexity index is 421. The fraction of sp³-hybridized carbons (Fsp3) is 0.562. The molecule has 0 aromatic heterocycles. The maximum Gasteiger partial charge on any atom is 0.239 e. The van der Waals surface area contributed by atoms with E-state index >= 15 is 0 Å². The second kappa shape index (κ2) is 7.41. The molecule has 110 valence electrons. The van der Waals surface area contributed by atoms with Gasteiger partial charge in [-0.25, -0.2) is 0 Å². The number of amides is 1. The Hall–Kier alpha value is -1.39. The van der Waals surface area contributed by atoms with Gasteiger partial charge in [0.2, 0.25) is 5.91 Å². The zero-order valence-corrected chi connectivity index (χ0v) is 12.3. The summed E-state index contributed by atoms with van der Waals surface area (Å²) in [7, 11) is 2.10. The second-order valence-corrected chi connectivity index (χ2v) is 5.61. The molecule has 0 spiro atoms. The molecular formula is C16H25N3O. The van der Waals surface area contributed by atoms with Crippen LogP contribution in [-0.4, -0.2) is 55.0 Å². The topological polar surface area (TPSA) is 49.6 Å². The van der Waals surface area contributed by atoms with Crippen LogP contribution in [0.1, 0.15) is 18.4 Å². The highest BCUT2D eigenvalue weighted by molar-refractivity contribution is 5.81. The van der Waals surface area contributed by atoms with Gasteiger partial charge >= 0.3 is 0 Å². The Labute approximate surface area is 121 Å². The number of likely N-dealkylation sites (N-methyl/N-ethyl adjacent to an activating group) is 1. The van der Waals surface area contributed by atoms with E-state index in [1.807, 2.05) is 23.1 Å². The third kappa shape index (κ3) is 4.32. The smallest absolute Gasteiger partial charge is 0.239 e. The van der Waals surface area contributed by atoms with E-state index in [9.17, 15) is 4.79 Å². The van der Waals surface area contributed by atoms with Gasteiger partial charge in [0, 0.05) is 19.6 Å². The summed E-state index contributed by atoms with van der Waals surface area (Å²) in [6, 6.07) is 9.83. The predicted octanol–water partition coefficient (Wildman–Crippen LogP) is 1.11. The number of carbonyl (C=O) groups is 1. The van der Waals surface area contributed by atoms with Gasteiger partial charge in [-0.3, -0.25) is 4.79 Å². The molecule has 4 nitrogen and oxygen atoms in total. The minimum absolute atomic E-state index is 0.108. The average molecular weight is 275 g/mol. The molecule has 4 heteroatoms. The fourth-order valence-electron chi connectivity index (χ4n) is 2.59. The summed E-state index contributed by atoms with van der Waals surface area (Å²) >= 11 is 0. The van der Waals surface area contributed by atoms with E-state index in [0.717, 1.165) is 45.4 Å². The molecule has 20 heavy (non-hydrogen) atoms. The number of hydrogen-bond donors (Lipinski definition) is 1. The summed E-state index contributed by atoms with van der Waals surface area (Å²) in [6.45, 7) is 3.64. The lowest BCUT2D eigenvalue weighted by Crippen LogP contribution is -2.45. The number of rotatable bonds is 4. The molecule has 2 rings (SSSR count). The predicted molar refractivity (Wildman–Crippen MR) is 81.4 cm³/mol. The van der Waals surface area contributed by atoms with Crippen molar-refractivity contribution in [2.45, 2.75) is 25.3 Å². The molecule has 0 bridgehead atoms. The summed E-state index contributed by atoms with van der Waals surface area (Å²) in [5.41, 5.74) is 7.32. The van der Waals surface area contributed by atoms with Crippen LogP contribution in [0.25, 0.3) is 0 Å². The van der Waals surface area contributed by atoms with Gasteiger partial charge in [-0.15, -0.1) is 0 Å². The quantitative estimate of drug-likeness (QED) is 0.895. The van der Waals surface area contributed by atoms with Gasteiger partial charge < -0.3 is 15.5 Å². The summed E-state index contributed by atoms with van der Waals surface area (Å²) in [4.78, 5) is 16.6. The van der Waals surface area contributed by atoms with Gasteiger partial charge in [-0.1, -0.05) is 30.3 Å². The van der Waals surface area contributed by atoms with Crippen LogP contribution < -0.4 is 5.73 Å². The van der Waals surface area contributed by atoms with Crippen molar-refractivity contribution in [3.05, 3.63) is 35.9 Å². The van der Waals surface area contributed by atoms with Gasteiger partial charge in [0.25, 0.3) is 0 Å². The number of aryl methyl sites for hydroxylation is 1. The average Bonchev–Trinajstić information content (AvgIpc) is 2.70. The lowest BCUT2D eigenvalue weighted by atomic mass is 10.0. The third-order valence-electron chi connectivity index (χ3n) is 3.94. The molecule has 1 aromatic carbocycles. The summed E-state index contributed by atoms with van der Waals surface area (Å²) in [5, 5.41) is 0. The van der Waals surface area contributed by atoms with E-state index in [2.05, 4.69) is 24.1 Å². The molecule has 0 saturated carbocycles. The first-order valence-electron chi connectivity index (χ1n) is 7.43. The molecule has 1 heterocycles. The molecule has 0 radical (unpaired) electrons. The van der Waals surface area contributed by atoms with Crippen molar-refractivity contribution < 1.29 is 4.79 Å². The molecular weight excluding hydrogens is 250 g/mol. The summed E-state index contributed by atoms with van der Waals surface area (Å²) < 4.78 is 0. The number of hydrogen-bond acceptors (Lipinski definition) is 3. The van der Waals surface area contributed by atoms with Crippen LogP contribution in [0.15, 0.2) is 30.3 Å². The van der Waals surface area contributed by atoms with Gasteiger partial charge in [-0.05, 0) is 38.4 Å². The Morgan fingerprint density at radius 2 is 1.95 bits per heavy atom. The number of carbonyl (C=O) groups excluding carboxylic acids is 1. The molecule has 1 amide bonds. The lowest BCUT2D eigenvalue weighted by molar-refractivity contribution is -0.132. The van der Waals surface area contributed by atoms with Crippen LogP contribution in [0.3, 0.4) is 0 Å². The zero-order chi connectivity index (χ0) is 14.4. The maximum absolute atomic E-state index is 12.4. The molecule has 1 aliphatic rings. The first-order valence-corrected chi connectivity index (χ1v) is 7.43. The highest BCUT2D eigenvalue weighted by Crippen LogP contribution is 2.08. The van der Waals surface area contributed by atoms with Crippen molar-refractivity contribution in [1.82, 2.24) is 9.80 Å². The summed E-state index contributed by atoms with van der Waals surface area (Å²) in [5.74, 6) is 0.108. The van der Waals surface area contributed by atoms with E-state index in [1.165, 1.54) is 5.56 Å². The van der Waals surface area contributed by atoms with Crippen LogP contribution in [0, 0.1) is 0 Å². The van der Waals surface area contributed by atoms with Crippen LogP contribution >= 0.6 is 0 Å². The van der Waals surface area contributed by atoms with Gasteiger partial charge in [0.1, 0.15) is 0 Å². The van der Waals surface area contributed by atoms with Crippen molar-refractivity contribution in [3.63, 3.8) is 0 Å². The highest BCUT2D eigenvalue weighted by Gasteiger charge is 2.22. The van der Waals surface area contributed by atoms with Gasteiger partial charge in [0.15, 0.2) is 0 Å². The maximum atomic E-state index is 12.4. The van der Waals surface area contributed by atoms with E-state index < -0.39 is 0 Å². The van der Waals surface area contributed by atoms with Gasteiger partial charge in [-0.2, -0.15) is 0 Å². The number of nitrogens with two attached hydrogens (primary N) is 1. The monoisotopic (exact) mass is 275 g/mol. The number of nitrogens with zero attached hydrogens (tertiary/aromatic N) is 2. The standard InChI is InChI=1S/C16H25N3O/c1-18-10-5-11-19(13-12-18)16(20)15(17)9-8-14-6-3-2-4-7-14/h2-4,6-7,15H,5,8-13,17H2,1H3/t15-/m0/s1. The molecule has 1 fully saturated rings. The third-order valence-corrected chi connectivity index (χ3v) is 3.94. The molecule has 2 N–H and O–H groups in total. The van der Waals surface area contributed by atoms with Crippen molar-refractivity contribution in [2.75, 3.05) is 33.2 Å². The zero-order valence-electron chi connectivity index (χ0n) is 12.3. The van der Waals surface area contributed by atoms with E-state index in [4.69, 9.17) is 5.73 Å². The van der Waals surface area contributed by atoms with Gasteiger partial charge in [0.05, 0.1) is 6.04 Å².